The molecule has 5 nitrogen and oxygen atoms in total. The lowest BCUT2D eigenvalue weighted by Crippen LogP contribution is -2.17. The fourth-order valence-corrected chi connectivity index (χ4v) is 1.57. The van der Waals surface area contributed by atoms with Gasteiger partial charge >= 0.3 is 0 Å². The number of nitro groups is 1. The molecule has 18 heavy (non-hydrogen) atoms. The van der Waals surface area contributed by atoms with Gasteiger partial charge in [0.05, 0.1) is 10.5 Å². The van der Waals surface area contributed by atoms with Gasteiger partial charge in [-0.25, -0.2) is 4.99 Å². The van der Waals surface area contributed by atoms with Crippen LogP contribution in [-0.2, 0) is 4.74 Å². The Hall–Kier alpha value is -2.17. The standard InChI is InChI=1S/C13H14N2O3/c1-13(2)9-18-12(14-13)8-5-10-3-6-11(7-4-10)15(16)17/h3-8H,9H2,1-2H3/b8-5+. The van der Waals surface area contributed by atoms with Crippen LogP contribution in [0, 0.1) is 10.1 Å². The molecule has 0 saturated heterocycles. The van der Waals surface area contributed by atoms with Crippen LogP contribution in [0.2, 0.25) is 0 Å². The Morgan fingerprint density at radius 1 is 1.33 bits per heavy atom. The van der Waals surface area contributed by atoms with E-state index >= 15 is 0 Å². The molecule has 0 unspecified atom stereocenters. The second kappa shape index (κ2) is 4.60. The van der Waals surface area contributed by atoms with E-state index in [4.69, 9.17) is 4.74 Å². The van der Waals surface area contributed by atoms with Crippen LogP contribution in [0.4, 0.5) is 5.69 Å². The van der Waals surface area contributed by atoms with Crippen molar-refractivity contribution in [2.45, 2.75) is 19.4 Å². The molecule has 94 valence electrons. The van der Waals surface area contributed by atoms with Crippen molar-refractivity contribution in [2.75, 3.05) is 6.61 Å². The first kappa shape index (κ1) is 12.3. The summed E-state index contributed by atoms with van der Waals surface area (Å²) in [4.78, 5) is 14.5. The van der Waals surface area contributed by atoms with Gasteiger partial charge in [-0.3, -0.25) is 10.1 Å². The van der Waals surface area contributed by atoms with E-state index in [9.17, 15) is 10.1 Å². The number of nitrogens with zero attached hydrogens (tertiary/aromatic N) is 2. The maximum atomic E-state index is 10.5. The fraction of sp³-hybridized carbons (Fsp3) is 0.308. The molecular formula is C13H14N2O3. The largest absolute Gasteiger partial charge is 0.475 e. The van der Waals surface area contributed by atoms with Crippen molar-refractivity contribution < 1.29 is 9.66 Å². The predicted octanol–water partition coefficient (Wildman–Crippen LogP) is 2.82. The highest BCUT2D eigenvalue weighted by molar-refractivity contribution is 5.93. The van der Waals surface area contributed by atoms with Crippen LogP contribution in [0.5, 0.6) is 0 Å². The number of benzene rings is 1. The second-order valence-electron chi connectivity index (χ2n) is 4.73. The average molecular weight is 246 g/mol. The highest BCUT2D eigenvalue weighted by Crippen LogP contribution is 2.18. The maximum absolute atomic E-state index is 10.5. The van der Waals surface area contributed by atoms with Crippen LogP contribution in [0.15, 0.2) is 35.3 Å². The molecule has 2 rings (SSSR count). The van der Waals surface area contributed by atoms with Crippen molar-refractivity contribution in [3.63, 3.8) is 0 Å². The van der Waals surface area contributed by atoms with Gasteiger partial charge in [0.15, 0.2) is 0 Å². The lowest BCUT2D eigenvalue weighted by Gasteiger charge is -2.07. The van der Waals surface area contributed by atoms with Crippen molar-refractivity contribution in [3.8, 4) is 0 Å². The van der Waals surface area contributed by atoms with Gasteiger partial charge in [-0.15, -0.1) is 0 Å². The van der Waals surface area contributed by atoms with Gasteiger partial charge in [0.25, 0.3) is 5.69 Å². The Balaban J connectivity index is 2.08. The van der Waals surface area contributed by atoms with Gasteiger partial charge < -0.3 is 4.74 Å². The van der Waals surface area contributed by atoms with E-state index in [2.05, 4.69) is 4.99 Å². The molecule has 1 aliphatic heterocycles. The average Bonchev–Trinajstić information content (AvgIpc) is 2.67. The molecule has 1 heterocycles. The number of rotatable bonds is 3. The Bertz CT molecular complexity index is 516. The smallest absolute Gasteiger partial charge is 0.269 e. The van der Waals surface area contributed by atoms with Gasteiger partial charge in [0.1, 0.15) is 6.61 Å². The number of ether oxygens (including phenoxy) is 1. The summed E-state index contributed by atoms with van der Waals surface area (Å²) in [6.45, 7) is 4.58. The van der Waals surface area contributed by atoms with Gasteiger partial charge in [-0.2, -0.15) is 0 Å². The zero-order chi connectivity index (χ0) is 13.2. The van der Waals surface area contributed by atoms with Crippen molar-refractivity contribution in [1.29, 1.82) is 0 Å². The Kier molecular flexibility index (Phi) is 3.14. The molecule has 0 atom stereocenters. The van der Waals surface area contributed by atoms with Crippen molar-refractivity contribution in [2.24, 2.45) is 4.99 Å². The van der Waals surface area contributed by atoms with E-state index in [-0.39, 0.29) is 11.2 Å². The number of hydrogen-bond acceptors (Lipinski definition) is 4. The third kappa shape index (κ3) is 2.94. The molecule has 0 saturated carbocycles. The number of nitro benzene ring substituents is 1. The molecule has 5 heteroatoms. The second-order valence-corrected chi connectivity index (χ2v) is 4.73. The van der Waals surface area contributed by atoms with Crippen molar-refractivity contribution >= 4 is 17.7 Å². The molecule has 0 amide bonds. The lowest BCUT2D eigenvalue weighted by atomic mass is 10.1. The summed E-state index contributed by atoms with van der Waals surface area (Å²) in [6.07, 6.45) is 3.60. The first-order valence-corrected chi connectivity index (χ1v) is 5.61. The van der Waals surface area contributed by atoms with Crippen LogP contribution in [0.1, 0.15) is 19.4 Å². The third-order valence-electron chi connectivity index (χ3n) is 2.51. The van der Waals surface area contributed by atoms with Gasteiger partial charge in [0, 0.05) is 18.2 Å². The molecular weight excluding hydrogens is 232 g/mol. The highest BCUT2D eigenvalue weighted by Gasteiger charge is 2.24. The molecule has 0 aliphatic carbocycles. The van der Waals surface area contributed by atoms with Crippen LogP contribution >= 0.6 is 0 Å². The Morgan fingerprint density at radius 3 is 2.50 bits per heavy atom. The number of hydrogen-bond donors (Lipinski definition) is 0. The summed E-state index contributed by atoms with van der Waals surface area (Å²) in [5, 5.41) is 10.5. The van der Waals surface area contributed by atoms with Gasteiger partial charge in [-0.1, -0.05) is 0 Å². The van der Waals surface area contributed by atoms with E-state index < -0.39 is 4.92 Å². The molecule has 1 aliphatic rings. The zero-order valence-corrected chi connectivity index (χ0v) is 10.3. The van der Waals surface area contributed by atoms with Crippen molar-refractivity contribution in [1.82, 2.24) is 0 Å². The third-order valence-corrected chi connectivity index (χ3v) is 2.51. The molecule has 1 aromatic rings. The summed E-state index contributed by atoms with van der Waals surface area (Å²) >= 11 is 0. The monoisotopic (exact) mass is 246 g/mol. The normalized spacial score (nSPS) is 17.6. The SMILES string of the molecule is CC1(C)COC(/C=C/c2ccc([N+](=O)[O-])cc2)=N1. The van der Waals surface area contributed by atoms with Crippen LogP contribution in [0.3, 0.4) is 0 Å². The summed E-state index contributed by atoms with van der Waals surface area (Å²) in [5.74, 6) is 0.596. The number of aliphatic imine (C=N–C) groups is 1. The van der Waals surface area contributed by atoms with E-state index in [1.165, 1.54) is 12.1 Å². The number of non-ortho nitro benzene ring substituents is 1. The molecule has 0 N–H and O–H groups in total. The summed E-state index contributed by atoms with van der Waals surface area (Å²) in [7, 11) is 0. The Labute approximate surface area is 105 Å². The summed E-state index contributed by atoms with van der Waals surface area (Å²) in [5.41, 5.74) is 0.786. The van der Waals surface area contributed by atoms with E-state index in [1.54, 1.807) is 18.2 Å². The van der Waals surface area contributed by atoms with Crippen LogP contribution in [0.25, 0.3) is 6.08 Å². The molecule has 1 aromatic carbocycles. The molecule has 0 fully saturated rings. The lowest BCUT2D eigenvalue weighted by molar-refractivity contribution is -0.384. The topological polar surface area (TPSA) is 64.7 Å². The predicted molar refractivity (Wildman–Crippen MR) is 69.6 cm³/mol. The molecule has 0 bridgehead atoms. The van der Waals surface area contributed by atoms with E-state index in [0.717, 1.165) is 5.56 Å². The maximum Gasteiger partial charge on any atom is 0.269 e. The fourth-order valence-electron chi connectivity index (χ4n) is 1.57. The first-order valence-electron chi connectivity index (χ1n) is 5.61. The minimum Gasteiger partial charge on any atom is -0.475 e. The van der Waals surface area contributed by atoms with E-state index in [1.807, 2.05) is 19.9 Å². The molecule has 0 spiro atoms. The minimum absolute atomic E-state index is 0.0859. The molecule has 0 radical (unpaired) electrons. The van der Waals surface area contributed by atoms with E-state index in [0.29, 0.717) is 12.5 Å². The first-order chi connectivity index (χ1) is 8.46. The zero-order valence-electron chi connectivity index (χ0n) is 10.3. The summed E-state index contributed by atoms with van der Waals surface area (Å²) < 4.78 is 5.41. The van der Waals surface area contributed by atoms with Gasteiger partial charge in [0.2, 0.25) is 5.90 Å². The van der Waals surface area contributed by atoms with Crippen LogP contribution in [-0.4, -0.2) is 23.0 Å². The van der Waals surface area contributed by atoms with Gasteiger partial charge in [-0.05, 0) is 37.6 Å². The minimum atomic E-state index is -0.416. The quantitative estimate of drug-likeness (QED) is 0.608. The van der Waals surface area contributed by atoms with Crippen LogP contribution < -0.4 is 0 Å². The Morgan fingerprint density at radius 2 is 2.00 bits per heavy atom. The highest BCUT2D eigenvalue weighted by atomic mass is 16.6. The summed E-state index contributed by atoms with van der Waals surface area (Å²) in [6, 6.07) is 6.33. The molecule has 0 aromatic heterocycles. The van der Waals surface area contributed by atoms with Crippen molar-refractivity contribution in [3.05, 3.63) is 46.0 Å².